The summed E-state index contributed by atoms with van der Waals surface area (Å²) >= 11 is 0. The van der Waals surface area contributed by atoms with Gasteiger partial charge in [0.25, 0.3) is 0 Å². The first-order valence-electron chi connectivity index (χ1n) is 10.8. The van der Waals surface area contributed by atoms with Gasteiger partial charge in [0.1, 0.15) is 6.10 Å². The molecule has 3 aromatic rings. The zero-order chi connectivity index (χ0) is 20.4. The van der Waals surface area contributed by atoms with Gasteiger partial charge in [0.15, 0.2) is 0 Å². The number of benzene rings is 2. The van der Waals surface area contributed by atoms with Crippen LogP contribution in [0.15, 0.2) is 60.7 Å². The van der Waals surface area contributed by atoms with Crippen molar-refractivity contribution < 1.29 is 4.74 Å². The molecule has 0 saturated carbocycles. The Morgan fingerprint density at radius 1 is 1.00 bits per heavy atom. The van der Waals surface area contributed by atoms with E-state index in [1.165, 1.54) is 40.9 Å². The molecular weight excluding hydrogens is 356 g/mol. The molecule has 1 aliphatic rings. The van der Waals surface area contributed by atoms with E-state index in [1.807, 2.05) is 6.07 Å². The molecular formula is C26H32N2O. The normalized spacial score (nSPS) is 19.9. The fourth-order valence-corrected chi connectivity index (χ4v) is 4.79. The van der Waals surface area contributed by atoms with Crippen molar-refractivity contribution >= 4 is 0 Å². The number of ether oxygens (including phenoxy) is 1. The summed E-state index contributed by atoms with van der Waals surface area (Å²) in [4.78, 5) is 0. The van der Waals surface area contributed by atoms with Gasteiger partial charge >= 0.3 is 0 Å². The van der Waals surface area contributed by atoms with Gasteiger partial charge in [0.05, 0.1) is 17.9 Å². The number of fused-ring (bicyclic) bond motifs is 1. The van der Waals surface area contributed by atoms with E-state index in [2.05, 4.69) is 80.1 Å². The number of aromatic nitrogens is 2. The minimum Gasteiger partial charge on any atom is -0.375 e. The molecule has 0 fully saturated rings. The van der Waals surface area contributed by atoms with Crippen molar-refractivity contribution in [3.8, 4) is 11.3 Å². The van der Waals surface area contributed by atoms with Crippen molar-refractivity contribution in [3.05, 3.63) is 77.5 Å². The molecule has 1 aliphatic carbocycles. The monoisotopic (exact) mass is 388 g/mol. The lowest BCUT2D eigenvalue weighted by Gasteiger charge is -2.29. The zero-order valence-electron chi connectivity index (χ0n) is 18.0. The Balaban J connectivity index is 1.84. The predicted octanol–water partition coefficient (Wildman–Crippen LogP) is 6.57. The third-order valence-electron chi connectivity index (χ3n) is 6.42. The molecule has 0 radical (unpaired) electrons. The maximum atomic E-state index is 5.90. The van der Waals surface area contributed by atoms with Gasteiger partial charge in [-0.3, -0.25) is 4.68 Å². The molecule has 3 heteroatoms. The van der Waals surface area contributed by atoms with Gasteiger partial charge in [-0.15, -0.1) is 0 Å². The Labute approximate surface area is 174 Å². The molecule has 0 amide bonds. The van der Waals surface area contributed by atoms with Crippen LogP contribution in [0.4, 0.5) is 0 Å². The number of nitrogens with zero attached hydrogens (tertiary/aromatic N) is 2. The highest BCUT2D eigenvalue weighted by molar-refractivity contribution is 5.66. The molecule has 2 aromatic carbocycles. The molecule has 0 bridgehead atoms. The average molecular weight is 389 g/mol. The number of hydrogen-bond donors (Lipinski definition) is 0. The fraction of sp³-hybridized carbons (Fsp3) is 0.423. The summed E-state index contributed by atoms with van der Waals surface area (Å²) in [5.74, 6) is 1.66. The summed E-state index contributed by atoms with van der Waals surface area (Å²) in [7, 11) is 1.79. The summed E-state index contributed by atoms with van der Waals surface area (Å²) in [6.45, 7) is 7.73. The van der Waals surface area contributed by atoms with E-state index in [0.29, 0.717) is 17.8 Å². The Morgan fingerprint density at radius 2 is 1.66 bits per heavy atom. The molecule has 0 saturated heterocycles. The zero-order valence-corrected chi connectivity index (χ0v) is 18.0. The molecule has 3 nitrogen and oxygen atoms in total. The van der Waals surface area contributed by atoms with Crippen molar-refractivity contribution in [2.24, 2.45) is 5.92 Å². The molecule has 4 rings (SSSR count). The van der Waals surface area contributed by atoms with Crippen LogP contribution in [0.1, 0.15) is 68.4 Å². The number of hydrogen-bond acceptors (Lipinski definition) is 2. The van der Waals surface area contributed by atoms with Crippen LogP contribution in [0.3, 0.4) is 0 Å². The summed E-state index contributed by atoms with van der Waals surface area (Å²) in [6.07, 6.45) is 2.44. The van der Waals surface area contributed by atoms with E-state index in [0.717, 1.165) is 6.54 Å². The quantitative estimate of drug-likeness (QED) is 0.477. The molecule has 152 valence electrons. The molecule has 1 heterocycles. The van der Waals surface area contributed by atoms with Gasteiger partial charge in [-0.25, -0.2) is 0 Å². The topological polar surface area (TPSA) is 27.1 Å². The molecule has 0 aliphatic heterocycles. The SMILES string of the molecule is CO[C@@H](Cn1nc2c(c1-c1ccccc1)[C@H](C)CC[C@H]2C(C)C)c1ccccc1. The maximum Gasteiger partial charge on any atom is 0.102 e. The van der Waals surface area contributed by atoms with Crippen molar-refractivity contribution in [1.82, 2.24) is 9.78 Å². The molecule has 1 aromatic heterocycles. The second-order valence-corrected chi connectivity index (χ2v) is 8.66. The van der Waals surface area contributed by atoms with E-state index >= 15 is 0 Å². The number of methoxy groups -OCH3 is 1. The molecule has 3 atom stereocenters. The first-order valence-corrected chi connectivity index (χ1v) is 10.8. The fourth-order valence-electron chi connectivity index (χ4n) is 4.79. The third-order valence-corrected chi connectivity index (χ3v) is 6.42. The Bertz CT molecular complexity index is 930. The largest absolute Gasteiger partial charge is 0.375 e. The van der Waals surface area contributed by atoms with Crippen LogP contribution < -0.4 is 0 Å². The summed E-state index contributed by atoms with van der Waals surface area (Å²) in [5.41, 5.74) is 6.47. The van der Waals surface area contributed by atoms with Crippen LogP contribution in [-0.4, -0.2) is 16.9 Å². The maximum absolute atomic E-state index is 5.90. The standard InChI is InChI=1S/C26H32N2O/c1-18(2)22-16-15-19(3)24-25(22)27-28(26(24)21-13-9-6-10-14-21)17-23(29-4)20-11-7-5-8-12-20/h5-14,18-19,22-23H,15-17H2,1-4H3/t19-,22+,23+/m1/s1. The Morgan fingerprint density at radius 3 is 2.28 bits per heavy atom. The van der Waals surface area contributed by atoms with Gasteiger partial charge in [0, 0.05) is 24.2 Å². The number of rotatable bonds is 6. The van der Waals surface area contributed by atoms with E-state index in [1.54, 1.807) is 7.11 Å². The Hall–Kier alpha value is -2.39. The first-order chi connectivity index (χ1) is 14.1. The minimum absolute atomic E-state index is 0.0205. The molecule has 0 unspecified atom stereocenters. The van der Waals surface area contributed by atoms with Crippen LogP contribution in [0.25, 0.3) is 11.3 Å². The minimum atomic E-state index is -0.0205. The highest BCUT2D eigenvalue weighted by Crippen LogP contribution is 2.46. The second kappa shape index (κ2) is 8.54. The second-order valence-electron chi connectivity index (χ2n) is 8.66. The van der Waals surface area contributed by atoms with Crippen molar-refractivity contribution in [2.75, 3.05) is 7.11 Å². The first kappa shape index (κ1) is 19.9. The average Bonchev–Trinajstić information content (AvgIpc) is 3.13. The van der Waals surface area contributed by atoms with Crippen molar-refractivity contribution in [2.45, 2.75) is 58.1 Å². The third kappa shape index (κ3) is 3.89. The van der Waals surface area contributed by atoms with Crippen LogP contribution in [-0.2, 0) is 11.3 Å². The highest BCUT2D eigenvalue weighted by Gasteiger charge is 2.34. The lowest BCUT2D eigenvalue weighted by molar-refractivity contribution is 0.0849. The summed E-state index contributed by atoms with van der Waals surface area (Å²) < 4.78 is 8.12. The van der Waals surface area contributed by atoms with Gasteiger partial charge < -0.3 is 4.74 Å². The van der Waals surface area contributed by atoms with Gasteiger partial charge in [-0.05, 0) is 30.2 Å². The van der Waals surface area contributed by atoms with Crippen LogP contribution in [0, 0.1) is 5.92 Å². The molecule has 0 spiro atoms. The highest BCUT2D eigenvalue weighted by atomic mass is 16.5. The molecule has 0 N–H and O–H groups in total. The Kier molecular flexibility index (Phi) is 5.86. The summed E-state index contributed by atoms with van der Waals surface area (Å²) in [6, 6.07) is 21.2. The predicted molar refractivity (Wildman–Crippen MR) is 119 cm³/mol. The van der Waals surface area contributed by atoms with Gasteiger partial charge in [0.2, 0.25) is 0 Å². The van der Waals surface area contributed by atoms with E-state index in [-0.39, 0.29) is 6.10 Å². The molecule has 29 heavy (non-hydrogen) atoms. The lowest BCUT2D eigenvalue weighted by atomic mass is 9.75. The van der Waals surface area contributed by atoms with Gasteiger partial charge in [-0.1, -0.05) is 81.4 Å². The smallest absolute Gasteiger partial charge is 0.102 e. The van der Waals surface area contributed by atoms with Gasteiger partial charge in [-0.2, -0.15) is 5.10 Å². The van der Waals surface area contributed by atoms with Crippen molar-refractivity contribution in [3.63, 3.8) is 0 Å². The van der Waals surface area contributed by atoms with Crippen LogP contribution in [0.2, 0.25) is 0 Å². The van der Waals surface area contributed by atoms with E-state index < -0.39 is 0 Å². The van der Waals surface area contributed by atoms with E-state index in [4.69, 9.17) is 9.84 Å². The van der Waals surface area contributed by atoms with Crippen LogP contribution >= 0.6 is 0 Å². The lowest BCUT2D eigenvalue weighted by Crippen LogP contribution is -2.17. The van der Waals surface area contributed by atoms with Crippen molar-refractivity contribution in [1.29, 1.82) is 0 Å². The summed E-state index contributed by atoms with van der Waals surface area (Å²) in [5, 5.41) is 5.23. The van der Waals surface area contributed by atoms with Crippen LogP contribution in [0.5, 0.6) is 0 Å². The van der Waals surface area contributed by atoms with E-state index in [9.17, 15) is 0 Å².